The molecule has 0 atom stereocenters. The van der Waals surface area contributed by atoms with Gasteiger partial charge in [0, 0.05) is 13.2 Å². The summed E-state index contributed by atoms with van der Waals surface area (Å²) in [6.07, 6.45) is 4.42. The fourth-order valence-electron chi connectivity index (χ4n) is 1.54. The van der Waals surface area contributed by atoms with Gasteiger partial charge in [-0.25, -0.2) is 0 Å². The molecule has 0 saturated heterocycles. The lowest BCUT2D eigenvalue weighted by molar-refractivity contribution is 0.0222. The first-order chi connectivity index (χ1) is 11.6. The zero-order valence-corrected chi connectivity index (χ0v) is 16.2. The van der Waals surface area contributed by atoms with Crippen LogP contribution in [0.2, 0.25) is 0 Å². The van der Waals surface area contributed by atoms with Gasteiger partial charge in [-0.1, -0.05) is 53.4 Å². The summed E-state index contributed by atoms with van der Waals surface area (Å²) in [5.41, 5.74) is 0. The molecule has 0 fully saturated rings. The molecule has 0 aromatic carbocycles. The highest BCUT2D eigenvalue weighted by Crippen LogP contribution is 2.04. The molecule has 0 aliphatic rings. The van der Waals surface area contributed by atoms with Crippen LogP contribution >= 0.6 is 0 Å². The molecule has 0 bridgehead atoms. The second-order valence-electron chi connectivity index (χ2n) is 5.40. The van der Waals surface area contributed by atoms with Crippen molar-refractivity contribution in [2.75, 3.05) is 52.9 Å². The molecule has 0 aliphatic carbocycles. The van der Waals surface area contributed by atoms with E-state index in [1.165, 1.54) is 0 Å². The molecule has 24 heavy (non-hydrogen) atoms. The van der Waals surface area contributed by atoms with Gasteiger partial charge in [-0.3, -0.25) is 0 Å². The largest absolute Gasteiger partial charge is 0.396 e. The maximum Gasteiger partial charge on any atom is 0.0701 e. The molecule has 0 unspecified atom stereocenters. The molecule has 6 heteroatoms. The monoisotopic (exact) mass is 354 g/mol. The Morgan fingerprint density at radius 3 is 0.958 bits per heavy atom. The second kappa shape index (κ2) is 27.6. The van der Waals surface area contributed by atoms with Crippen molar-refractivity contribution in [3.8, 4) is 0 Å². The van der Waals surface area contributed by atoms with E-state index in [-0.39, 0.29) is 13.2 Å². The van der Waals surface area contributed by atoms with E-state index in [4.69, 9.17) is 29.9 Å². The van der Waals surface area contributed by atoms with Crippen LogP contribution < -0.4 is 0 Å². The third-order valence-corrected chi connectivity index (χ3v) is 3.67. The first-order valence-electron chi connectivity index (χ1n) is 9.20. The number of rotatable bonds is 13. The molecule has 4 N–H and O–H groups in total. The Labute approximate surface area is 148 Å². The van der Waals surface area contributed by atoms with Gasteiger partial charge in [-0.15, -0.1) is 0 Å². The van der Waals surface area contributed by atoms with Crippen LogP contribution in [0.4, 0.5) is 0 Å². The molecule has 0 saturated carbocycles. The Morgan fingerprint density at radius 2 is 0.833 bits per heavy atom. The zero-order chi connectivity index (χ0) is 19.1. The predicted octanol–water partition coefficient (Wildman–Crippen LogP) is 1.83. The molecule has 0 aromatic heterocycles. The van der Waals surface area contributed by atoms with Gasteiger partial charge in [0.25, 0.3) is 0 Å². The molecule has 0 rings (SSSR count). The van der Waals surface area contributed by atoms with Crippen LogP contribution in [0.3, 0.4) is 0 Å². The van der Waals surface area contributed by atoms with Gasteiger partial charge in [0.15, 0.2) is 0 Å². The first-order valence-corrected chi connectivity index (χ1v) is 9.20. The maximum atomic E-state index is 8.53. The minimum absolute atomic E-state index is 0.0417. The summed E-state index contributed by atoms with van der Waals surface area (Å²) >= 11 is 0. The molecular weight excluding hydrogens is 312 g/mol. The van der Waals surface area contributed by atoms with E-state index in [1.54, 1.807) is 0 Å². The van der Waals surface area contributed by atoms with E-state index in [2.05, 4.69) is 27.7 Å². The third-order valence-electron chi connectivity index (χ3n) is 3.67. The Kier molecular flexibility index (Phi) is 32.8. The summed E-state index contributed by atoms with van der Waals surface area (Å²) in [7, 11) is 0. The van der Waals surface area contributed by atoms with E-state index in [0.717, 1.165) is 25.7 Å². The first kappa shape index (κ1) is 28.6. The highest BCUT2D eigenvalue weighted by Gasteiger charge is 1.97. The number of aliphatic hydroxyl groups is 4. The summed E-state index contributed by atoms with van der Waals surface area (Å²) in [6.45, 7) is 10.8. The van der Waals surface area contributed by atoms with E-state index < -0.39 is 0 Å². The van der Waals surface area contributed by atoms with Crippen molar-refractivity contribution >= 4 is 0 Å². The summed E-state index contributed by atoms with van der Waals surface area (Å²) in [5, 5.41) is 33.6. The van der Waals surface area contributed by atoms with Crippen molar-refractivity contribution in [2.45, 2.75) is 53.4 Å². The minimum atomic E-state index is 0.0417. The molecule has 0 aromatic rings. The van der Waals surface area contributed by atoms with Crippen LogP contribution in [0.15, 0.2) is 0 Å². The SMILES string of the molecule is CCC(CC)CO.CCC(CC)CO.OCCOCCOCCO. The topological polar surface area (TPSA) is 99.4 Å². The van der Waals surface area contributed by atoms with Crippen molar-refractivity contribution < 1.29 is 29.9 Å². The quantitative estimate of drug-likeness (QED) is 0.377. The molecule has 6 nitrogen and oxygen atoms in total. The highest BCUT2D eigenvalue weighted by molar-refractivity contribution is 4.49. The van der Waals surface area contributed by atoms with Gasteiger partial charge in [0.1, 0.15) is 0 Å². The van der Waals surface area contributed by atoms with Crippen molar-refractivity contribution in [3.05, 3.63) is 0 Å². The lowest BCUT2D eigenvalue weighted by Gasteiger charge is -2.04. The maximum absolute atomic E-state index is 8.53. The van der Waals surface area contributed by atoms with Gasteiger partial charge in [0.2, 0.25) is 0 Å². The zero-order valence-electron chi connectivity index (χ0n) is 16.2. The summed E-state index contributed by atoms with van der Waals surface area (Å²) < 4.78 is 9.75. The standard InChI is InChI=1S/C6H14O4.2C6H14O/c7-1-3-9-5-6-10-4-2-8;2*1-3-6(4-2)5-7/h7-8H,1-6H2;2*6-7H,3-5H2,1-2H3. The molecule has 0 heterocycles. The smallest absolute Gasteiger partial charge is 0.0701 e. The van der Waals surface area contributed by atoms with Crippen LogP contribution in [-0.4, -0.2) is 73.3 Å². The lowest BCUT2D eigenvalue weighted by atomic mass is 10.1. The fourth-order valence-corrected chi connectivity index (χ4v) is 1.54. The van der Waals surface area contributed by atoms with Crippen LogP contribution in [0.25, 0.3) is 0 Å². The van der Waals surface area contributed by atoms with E-state index in [1.807, 2.05) is 0 Å². The molecule has 0 aliphatic heterocycles. The van der Waals surface area contributed by atoms with Crippen molar-refractivity contribution in [2.24, 2.45) is 11.8 Å². The Bertz CT molecular complexity index is 153. The van der Waals surface area contributed by atoms with Crippen LogP contribution in [0, 0.1) is 11.8 Å². The Balaban J connectivity index is -0.000000283. The predicted molar refractivity (Wildman–Crippen MR) is 98.1 cm³/mol. The van der Waals surface area contributed by atoms with Gasteiger partial charge >= 0.3 is 0 Å². The van der Waals surface area contributed by atoms with Crippen LogP contribution in [0.1, 0.15) is 53.4 Å². The minimum Gasteiger partial charge on any atom is -0.396 e. The molecular formula is C18H42O6. The molecule has 0 spiro atoms. The number of aliphatic hydroxyl groups excluding tert-OH is 4. The molecule has 150 valence electrons. The van der Waals surface area contributed by atoms with E-state index in [0.29, 0.717) is 51.5 Å². The van der Waals surface area contributed by atoms with Gasteiger partial charge in [0.05, 0.1) is 39.6 Å². The average Bonchev–Trinajstić information content (AvgIpc) is 2.62. The molecule has 0 radical (unpaired) electrons. The Hall–Kier alpha value is -0.240. The Morgan fingerprint density at radius 1 is 0.542 bits per heavy atom. The van der Waals surface area contributed by atoms with Crippen LogP contribution in [0.5, 0.6) is 0 Å². The summed E-state index contributed by atoms with van der Waals surface area (Å²) in [5.74, 6) is 1.08. The van der Waals surface area contributed by atoms with Gasteiger partial charge in [-0.05, 0) is 11.8 Å². The number of hydrogen-bond donors (Lipinski definition) is 4. The summed E-state index contributed by atoms with van der Waals surface area (Å²) in [4.78, 5) is 0. The van der Waals surface area contributed by atoms with Crippen molar-refractivity contribution in [1.29, 1.82) is 0 Å². The second-order valence-corrected chi connectivity index (χ2v) is 5.40. The van der Waals surface area contributed by atoms with Crippen LogP contribution in [-0.2, 0) is 9.47 Å². The number of ether oxygens (including phenoxy) is 2. The van der Waals surface area contributed by atoms with Crippen molar-refractivity contribution in [1.82, 2.24) is 0 Å². The lowest BCUT2D eigenvalue weighted by Crippen LogP contribution is -2.09. The highest BCUT2D eigenvalue weighted by atomic mass is 16.5. The molecule has 0 amide bonds. The fraction of sp³-hybridized carbons (Fsp3) is 1.00. The summed E-state index contributed by atoms with van der Waals surface area (Å²) in [6, 6.07) is 0. The normalized spacial score (nSPS) is 10.2. The van der Waals surface area contributed by atoms with Crippen molar-refractivity contribution in [3.63, 3.8) is 0 Å². The van der Waals surface area contributed by atoms with E-state index in [9.17, 15) is 0 Å². The third kappa shape index (κ3) is 26.6. The van der Waals surface area contributed by atoms with Gasteiger partial charge in [-0.2, -0.15) is 0 Å². The van der Waals surface area contributed by atoms with E-state index >= 15 is 0 Å². The average molecular weight is 355 g/mol. The van der Waals surface area contributed by atoms with Gasteiger partial charge < -0.3 is 29.9 Å². The number of hydrogen-bond acceptors (Lipinski definition) is 6.